The van der Waals surface area contributed by atoms with Crippen LogP contribution in [0.2, 0.25) is 5.02 Å². The molecule has 1 aromatic rings. The number of benzene rings is 1. The van der Waals surface area contributed by atoms with Gasteiger partial charge < -0.3 is 5.32 Å². The number of hydrogen-bond acceptors (Lipinski definition) is 4. The Morgan fingerprint density at radius 2 is 2.16 bits per heavy atom. The van der Waals surface area contributed by atoms with E-state index < -0.39 is 17.1 Å². The number of anilines is 1. The average molecular weight is 297 g/mol. The average Bonchev–Trinajstić information content (AvgIpc) is 2.62. The first kappa shape index (κ1) is 13.6. The van der Waals surface area contributed by atoms with Gasteiger partial charge in [0.05, 0.1) is 4.91 Å². The maximum atomic E-state index is 11.7. The Morgan fingerprint density at radius 1 is 1.42 bits per heavy atom. The van der Waals surface area contributed by atoms with Crippen molar-refractivity contribution in [2.24, 2.45) is 0 Å². The molecule has 1 fully saturated rings. The van der Waals surface area contributed by atoms with E-state index in [-0.39, 0.29) is 4.91 Å². The third-order valence-electron chi connectivity index (χ3n) is 2.34. The lowest BCUT2D eigenvalue weighted by Gasteiger charge is -2.04. The van der Waals surface area contributed by atoms with Crippen LogP contribution in [0.25, 0.3) is 0 Å². The van der Waals surface area contributed by atoms with Crippen LogP contribution in [0.4, 0.5) is 10.5 Å². The molecule has 5 nitrogen and oxygen atoms in total. The van der Waals surface area contributed by atoms with Gasteiger partial charge in [-0.05, 0) is 36.4 Å². The fourth-order valence-corrected chi connectivity index (χ4v) is 2.22. The minimum absolute atomic E-state index is 0.0701. The summed E-state index contributed by atoms with van der Waals surface area (Å²) in [5.41, 5.74) is 1.42. The van der Waals surface area contributed by atoms with Crippen LogP contribution in [-0.2, 0) is 9.59 Å². The number of rotatable bonds is 2. The van der Waals surface area contributed by atoms with Gasteiger partial charge in [-0.25, -0.2) is 0 Å². The van der Waals surface area contributed by atoms with E-state index in [0.717, 1.165) is 11.6 Å². The second-order valence-corrected chi connectivity index (χ2v) is 5.23. The first-order chi connectivity index (χ1) is 8.95. The molecule has 7 heteroatoms. The van der Waals surface area contributed by atoms with Crippen LogP contribution in [-0.4, -0.2) is 17.1 Å². The number of carbonyl (C=O) groups is 3. The van der Waals surface area contributed by atoms with Gasteiger partial charge in [0, 0.05) is 16.8 Å². The van der Waals surface area contributed by atoms with Gasteiger partial charge in [0.25, 0.3) is 11.1 Å². The summed E-state index contributed by atoms with van der Waals surface area (Å²) in [6, 6.07) is 5.08. The van der Waals surface area contributed by atoms with Crippen LogP contribution in [0.3, 0.4) is 0 Å². The minimum Gasteiger partial charge on any atom is -0.322 e. The molecule has 0 aliphatic carbocycles. The largest absolute Gasteiger partial charge is 0.322 e. The molecule has 0 spiro atoms. The van der Waals surface area contributed by atoms with Crippen LogP contribution in [0.5, 0.6) is 0 Å². The van der Waals surface area contributed by atoms with E-state index in [1.165, 1.54) is 0 Å². The fraction of sp³-hybridized carbons (Fsp3) is 0.0833. The zero-order valence-electron chi connectivity index (χ0n) is 9.82. The molecule has 19 heavy (non-hydrogen) atoms. The number of hydrogen-bond donors (Lipinski definition) is 2. The van der Waals surface area contributed by atoms with Crippen molar-refractivity contribution in [1.29, 1.82) is 0 Å². The lowest BCUT2D eigenvalue weighted by molar-refractivity contribution is -0.116. The predicted molar refractivity (Wildman–Crippen MR) is 74.0 cm³/mol. The van der Waals surface area contributed by atoms with Crippen molar-refractivity contribution in [3.8, 4) is 0 Å². The van der Waals surface area contributed by atoms with E-state index in [2.05, 4.69) is 10.6 Å². The molecule has 98 valence electrons. The normalized spacial score (nSPS) is 16.6. The van der Waals surface area contributed by atoms with Crippen LogP contribution in [0.15, 0.2) is 29.2 Å². The van der Waals surface area contributed by atoms with Crippen molar-refractivity contribution in [2.45, 2.75) is 6.92 Å². The summed E-state index contributed by atoms with van der Waals surface area (Å²) in [5, 5.41) is 4.69. The molecule has 0 radical (unpaired) electrons. The second-order valence-electron chi connectivity index (χ2n) is 3.81. The third kappa shape index (κ3) is 3.36. The molecular weight excluding hydrogens is 288 g/mol. The van der Waals surface area contributed by atoms with Gasteiger partial charge in [0.2, 0.25) is 5.91 Å². The van der Waals surface area contributed by atoms with Gasteiger partial charge in [-0.1, -0.05) is 17.7 Å². The maximum absolute atomic E-state index is 11.7. The summed E-state index contributed by atoms with van der Waals surface area (Å²) in [6.07, 6.45) is 1.08. The molecule has 3 amide bonds. The Morgan fingerprint density at radius 3 is 2.74 bits per heavy atom. The van der Waals surface area contributed by atoms with Gasteiger partial charge in [-0.15, -0.1) is 0 Å². The first-order valence-corrected chi connectivity index (χ1v) is 6.47. The van der Waals surface area contributed by atoms with Crippen LogP contribution in [0, 0.1) is 6.92 Å². The van der Waals surface area contributed by atoms with E-state index in [4.69, 9.17) is 11.6 Å². The van der Waals surface area contributed by atoms with Gasteiger partial charge in [-0.2, -0.15) is 0 Å². The van der Waals surface area contributed by atoms with E-state index in [9.17, 15) is 14.4 Å². The number of halogens is 1. The Kier molecular flexibility index (Phi) is 3.92. The summed E-state index contributed by atoms with van der Waals surface area (Å²) in [6.45, 7) is 1.85. The monoisotopic (exact) mass is 296 g/mol. The number of aryl methyl sites for hydroxylation is 1. The van der Waals surface area contributed by atoms with Crippen molar-refractivity contribution >= 4 is 46.1 Å². The first-order valence-electron chi connectivity index (χ1n) is 5.27. The zero-order chi connectivity index (χ0) is 14.0. The molecule has 0 saturated carbocycles. The standard InChI is InChI=1S/C12H9ClN2O3S/c1-6-2-3-7(4-8(6)13)14-10(16)5-9-11(17)15-12(18)19-9/h2-5H,1H3,(H,14,16)(H,15,17,18)/b9-5-. The highest BCUT2D eigenvalue weighted by atomic mass is 35.5. The van der Waals surface area contributed by atoms with Gasteiger partial charge in [0.1, 0.15) is 0 Å². The molecule has 0 atom stereocenters. The predicted octanol–water partition coefficient (Wildman–Crippen LogP) is 2.45. The maximum Gasteiger partial charge on any atom is 0.290 e. The van der Waals surface area contributed by atoms with Gasteiger partial charge in [-0.3, -0.25) is 19.7 Å². The zero-order valence-corrected chi connectivity index (χ0v) is 11.4. The number of nitrogens with one attached hydrogen (secondary N) is 2. The van der Waals surface area contributed by atoms with Crippen LogP contribution >= 0.6 is 23.4 Å². The van der Waals surface area contributed by atoms with Gasteiger partial charge >= 0.3 is 0 Å². The molecule has 2 rings (SSSR count). The molecule has 1 saturated heterocycles. The topological polar surface area (TPSA) is 75.3 Å². The lowest BCUT2D eigenvalue weighted by Crippen LogP contribution is -2.18. The van der Waals surface area contributed by atoms with E-state index >= 15 is 0 Å². The van der Waals surface area contributed by atoms with E-state index in [0.29, 0.717) is 22.5 Å². The quantitative estimate of drug-likeness (QED) is 0.822. The molecule has 1 aliphatic heterocycles. The smallest absolute Gasteiger partial charge is 0.290 e. The van der Waals surface area contributed by atoms with Crippen molar-refractivity contribution in [3.05, 3.63) is 39.8 Å². The van der Waals surface area contributed by atoms with E-state index in [1.54, 1.807) is 18.2 Å². The molecule has 0 bridgehead atoms. The number of amides is 3. The Balaban J connectivity index is 2.09. The molecule has 1 heterocycles. The number of thioether (sulfide) groups is 1. The summed E-state index contributed by atoms with van der Waals surface area (Å²) in [4.78, 5) is 33.9. The fourth-order valence-electron chi connectivity index (χ4n) is 1.39. The molecule has 0 aromatic heterocycles. The van der Waals surface area contributed by atoms with Crippen LogP contribution in [0.1, 0.15) is 5.56 Å². The molecular formula is C12H9ClN2O3S. The second kappa shape index (κ2) is 5.46. The summed E-state index contributed by atoms with van der Waals surface area (Å²) in [5.74, 6) is -1.06. The number of imide groups is 1. The summed E-state index contributed by atoms with van der Waals surface area (Å²) >= 11 is 6.62. The lowest BCUT2D eigenvalue weighted by atomic mass is 10.2. The number of carbonyl (C=O) groups excluding carboxylic acids is 3. The minimum atomic E-state index is -0.563. The highest BCUT2D eigenvalue weighted by Gasteiger charge is 2.25. The highest BCUT2D eigenvalue weighted by Crippen LogP contribution is 2.23. The molecule has 1 aliphatic rings. The van der Waals surface area contributed by atoms with Gasteiger partial charge in [0.15, 0.2) is 0 Å². The third-order valence-corrected chi connectivity index (χ3v) is 3.56. The van der Waals surface area contributed by atoms with Crippen molar-refractivity contribution < 1.29 is 14.4 Å². The van der Waals surface area contributed by atoms with Crippen LogP contribution < -0.4 is 10.6 Å². The van der Waals surface area contributed by atoms with E-state index in [1.807, 2.05) is 6.92 Å². The molecule has 1 aromatic carbocycles. The van der Waals surface area contributed by atoms with Crippen molar-refractivity contribution in [1.82, 2.24) is 5.32 Å². The highest BCUT2D eigenvalue weighted by molar-refractivity contribution is 8.18. The SMILES string of the molecule is Cc1ccc(NC(=O)/C=C2\SC(=O)NC2=O)cc1Cl. The Bertz CT molecular complexity index is 613. The molecule has 0 unspecified atom stereocenters. The Labute approximate surface area is 118 Å². The Hall–Kier alpha value is -1.79. The van der Waals surface area contributed by atoms with Crippen molar-refractivity contribution in [2.75, 3.05) is 5.32 Å². The van der Waals surface area contributed by atoms with Crippen molar-refractivity contribution in [3.63, 3.8) is 0 Å². The summed E-state index contributed by atoms with van der Waals surface area (Å²) in [7, 11) is 0. The molecule has 2 N–H and O–H groups in total. The summed E-state index contributed by atoms with van der Waals surface area (Å²) < 4.78 is 0.